The molecule has 0 saturated carbocycles. The molecule has 0 aliphatic carbocycles. The van der Waals surface area contributed by atoms with Gasteiger partial charge in [0.05, 0.1) is 11.9 Å². The minimum absolute atomic E-state index is 0.243. The van der Waals surface area contributed by atoms with Crippen LogP contribution in [0.4, 0.5) is 0 Å². The molecule has 0 heterocycles. The van der Waals surface area contributed by atoms with E-state index in [1.54, 1.807) is 6.92 Å². The summed E-state index contributed by atoms with van der Waals surface area (Å²) in [5, 5.41) is 9.63. The molecule has 0 amide bonds. The number of ether oxygens (including phenoxy) is 1. The van der Waals surface area contributed by atoms with Crippen LogP contribution >= 0.6 is 11.8 Å². The quantitative estimate of drug-likeness (QED) is 0.673. The Hall–Kier alpha value is -1.00. The van der Waals surface area contributed by atoms with Gasteiger partial charge in [-0.15, -0.1) is 11.8 Å². The molecule has 0 aromatic heterocycles. The molecule has 0 aliphatic heterocycles. The topological polar surface area (TPSA) is 46.5 Å². The molecule has 1 rings (SSSR count). The van der Waals surface area contributed by atoms with Gasteiger partial charge >= 0.3 is 5.97 Å². The molecule has 1 atom stereocenters. The van der Waals surface area contributed by atoms with E-state index >= 15 is 0 Å². The number of aliphatic hydroxyl groups is 1. The van der Waals surface area contributed by atoms with E-state index in [2.05, 4.69) is 0 Å². The van der Waals surface area contributed by atoms with Crippen LogP contribution in [0.25, 0.3) is 0 Å². The van der Waals surface area contributed by atoms with Crippen molar-refractivity contribution in [3.05, 3.63) is 29.8 Å². The van der Waals surface area contributed by atoms with Crippen LogP contribution < -0.4 is 0 Å². The zero-order valence-electron chi connectivity index (χ0n) is 11.3. The maximum Gasteiger partial charge on any atom is 0.316 e. The fourth-order valence-electron chi connectivity index (χ4n) is 1.46. The largest absolute Gasteiger partial charge is 0.459 e. The normalized spacial score (nSPS) is 13.2. The summed E-state index contributed by atoms with van der Waals surface area (Å²) < 4.78 is 5.24. The van der Waals surface area contributed by atoms with Crippen LogP contribution in [0.2, 0.25) is 0 Å². The standard InChI is InChI=1S/C14H20O3S/c1-10(15)11-7-5-6-8-12(11)18-9-13(16)17-14(2,3)4/h5-8,10,15H,9H2,1-4H3. The number of hydrogen-bond donors (Lipinski definition) is 1. The average molecular weight is 268 g/mol. The predicted octanol–water partition coefficient (Wildman–Crippen LogP) is 3.17. The number of carbonyl (C=O) groups excluding carboxylic acids is 1. The van der Waals surface area contributed by atoms with Crippen LogP contribution in [-0.2, 0) is 9.53 Å². The van der Waals surface area contributed by atoms with Crippen LogP contribution in [0.15, 0.2) is 29.2 Å². The first-order chi connectivity index (χ1) is 8.29. The second kappa shape index (κ2) is 6.25. The van der Waals surface area contributed by atoms with Gasteiger partial charge in [-0.2, -0.15) is 0 Å². The van der Waals surface area contributed by atoms with Crippen molar-refractivity contribution in [2.45, 2.75) is 44.3 Å². The summed E-state index contributed by atoms with van der Waals surface area (Å²) in [6, 6.07) is 7.53. The molecular weight excluding hydrogens is 248 g/mol. The van der Waals surface area contributed by atoms with Gasteiger partial charge in [0.15, 0.2) is 0 Å². The molecule has 0 bridgehead atoms. The number of aliphatic hydroxyl groups excluding tert-OH is 1. The molecule has 3 nitrogen and oxygen atoms in total. The number of rotatable bonds is 4. The molecule has 0 spiro atoms. The van der Waals surface area contributed by atoms with Crippen LogP contribution in [-0.4, -0.2) is 22.4 Å². The third kappa shape index (κ3) is 5.10. The SMILES string of the molecule is CC(O)c1ccccc1SCC(=O)OC(C)(C)C. The number of hydrogen-bond acceptors (Lipinski definition) is 4. The summed E-state index contributed by atoms with van der Waals surface area (Å²) in [5.74, 6) is 0.00831. The van der Waals surface area contributed by atoms with Crippen LogP contribution in [0.1, 0.15) is 39.4 Å². The van der Waals surface area contributed by atoms with Gasteiger partial charge in [-0.05, 0) is 39.3 Å². The van der Waals surface area contributed by atoms with E-state index in [1.807, 2.05) is 45.0 Å². The van der Waals surface area contributed by atoms with E-state index in [-0.39, 0.29) is 11.7 Å². The molecule has 1 N–H and O–H groups in total. The molecule has 0 fully saturated rings. The minimum atomic E-state index is -0.535. The van der Waals surface area contributed by atoms with Crippen molar-refractivity contribution < 1.29 is 14.6 Å². The first-order valence-electron chi connectivity index (χ1n) is 5.91. The molecular formula is C14H20O3S. The van der Waals surface area contributed by atoms with Gasteiger partial charge < -0.3 is 9.84 Å². The summed E-state index contributed by atoms with van der Waals surface area (Å²) in [6.07, 6.45) is -0.535. The monoisotopic (exact) mass is 268 g/mol. The number of thioether (sulfide) groups is 1. The van der Waals surface area contributed by atoms with E-state index in [9.17, 15) is 9.90 Å². The molecule has 100 valence electrons. The summed E-state index contributed by atoms with van der Waals surface area (Å²) in [7, 11) is 0. The highest BCUT2D eigenvalue weighted by atomic mass is 32.2. The molecule has 1 aromatic rings. The fraction of sp³-hybridized carbons (Fsp3) is 0.500. The molecule has 1 unspecified atom stereocenters. The van der Waals surface area contributed by atoms with E-state index in [4.69, 9.17) is 4.74 Å². The van der Waals surface area contributed by atoms with Gasteiger partial charge in [-0.1, -0.05) is 18.2 Å². The smallest absolute Gasteiger partial charge is 0.316 e. The Morgan fingerprint density at radius 3 is 2.56 bits per heavy atom. The van der Waals surface area contributed by atoms with Crippen LogP contribution in [0.5, 0.6) is 0 Å². The van der Waals surface area contributed by atoms with E-state index in [0.29, 0.717) is 0 Å². The summed E-state index contributed by atoms with van der Waals surface area (Å²) in [5.41, 5.74) is 0.382. The second-order valence-corrected chi connectivity index (χ2v) is 6.11. The highest BCUT2D eigenvalue weighted by molar-refractivity contribution is 8.00. The van der Waals surface area contributed by atoms with E-state index in [0.717, 1.165) is 10.5 Å². The van der Waals surface area contributed by atoms with Crippen molar-refractivity contribution in [3.8, 4) is 0 Å². The lowest BCUT2D eigenvalue weighted by molar-refractivity contribution is -0.151. The van der Waals surface area contributed by atoms with Gasteiger partial charge in [0.25, 0.3) is 0 Å². The number of carbonyl (C=O) groups is 1. The Morgan fingerprint density at radius 1 is 1.39 bits per heavy atom. The van der Waals surface area contributed by atoms with Gasteiger partial charge in [-0.3, -0.25) is 4.79 Å². The molecule has 4 heteroatoms. The van der Waals surface area contributed by atoms with Gasteiger partial charge in [-0.25, -0.2) is 0 Å². The highest BCUT2D eigenvalue weighted by Crippen LogP contribution is 2.27. The minimum Gasteiger partial charge on any atom is -0.459 e. The van der Waals surface area contributed by atoms with Crippen LogP contribution in [0, 0.1) is 0 Å². The van der Waals surface area contributed by atoms with Gasteiger partial charge in [0.1, 0.15) is 5.60 Å². The zero-order chi connectivity index (χ0) is 13.8. The van der Waals surface area contributed by atoms with Crippen molar-refractivity contribution in [3.63, 3.8) is 0 Å². The Kier molecular flexibility index (Phi) is 5.23. The van der Waals surface area contributed by atoms with E-state index in [1.165, 1.54) is 11.8 Å². The summed E-state index contributed by atoms with van der Waals surface area (Å²) in [6.45, 7) is 7.25. The first-order valence-corrected chi connectivity index (χ1v) is 6.90. The van der Waals surface area contributed by atoms with Gasteiger partial charge in [0, 0.05) is 4.90 Å². The molecule has 18 heavy (non-hydrogen) atoms. The van der Waals surface area contributed by atoms with Gasteiger partial charge in [0.2, 0.25) is 0 Å². The first kappa shape index (κ1) is 15.1. The zero-order valence-corrected chi connectivity index (χ0v) is 12.1. The van der Waals surface area contributed by atoms with Crippen molar-refractivity contribution in [1.82, 2.24) is 0 Å². The lowest BCUT2D eigenvalue weighted by Crippen LogP contribution is -2.24. The maximum atomic E-state index is 11.6. The van der Waals surface area contributed by atoms with Crippen LogP contribution in [0.3, 0.4) is 0 Å². The lowest BCUT2D eigenvalue weighted by atomic mass is 10.1. The fourth-order valence-corrected chi connectivity index (χ4v) is 2.38. The molecule has 0 radical (unpaired) electrons. The van der Waals surface area contributed by atoms with Crippen molar-refractivity contribution in [1.29, 1.82) is 0 Å². The second-order valence-electron chi connectivity index (χ2n) is 5.09. The molecule has 1 aromatic carbocycles. The Bertz CT molecular complexity index is 408. The third-order valence-electron chi connectivity index (χ3n) is 2.13. The Balaban J connectivity index is 2.61. The van der Waals surface area contributed by atoms with Crippen molar-refractivity contribution >= 4 is 17.7 Å². The van der Waals surface area contributed by atoms with Crippen molar-refractivity contribution in [2.24, 2.45) is 0 Å². The maximum absolute atomic E-state index is 11.6. The number of benzene rings is 1. The third-order valence-corrected chi connectivity index (χ3v) is 3.20. The predicted molar refractivity (Wildman–Crippen MR) is 73.6 cm³/mol. The lowest BCUT2D eigenvalue weighted by Gasteiger charge is -2.19. The summed E-state index contributed by atoms with van der Waals surface area (Å²) in [4.78, 5) is 12.5. The van der Waals surface area contributed by atoms with E-state index < -0.39 is 11.7 Å². The average Bonchev–Trinajstić information content (AvgIpc) is 2.24. The summed E-state index contributed by atoms with van der Waals surface area (Å²) >= 11 is 1.39. The molecule has 0 aliphatic rings. The highest BCUT2D eigenvalue weighted by Gasteiger charge is 2.17. The van der Waals surface area contributed by atoms with Crippen molar-refractivity contribution in [2.75, 3.05) is 5.75 Å². The molecule has 0 saturated heterocycles. The number of esters is 1. The Morgan fingerprint density at radius 2 is 2.00 bits per heavy atom. The Labute approximate surface area is 113 Å².